The number of fused-ring (bicyclic) bond motifs is 1. The van der Waals surface area contributed by atoms with Crippen molar-refractivity contribution in [3.05, 3.63) is 53.5 Å². The quantitative estimate of drug-likeness (QED) is 0.867. The zero-order valence-corrected chi connectivity index (χ0v) is 9.90. The number of hydrogen-bond donors (Lipinski definition) is 2. The molecule has 0 bridgehead atoms. The minimum Gasteiger partial charge on any atom is -0.472 e. The number of nitrogens with one attached hydrogen (secondary N) is 2. The second-order valence-corrected chi connectivity index (χ2v) is 4.36. The first-order valence-electron chi connectivity index (χ1n) is 5.99. The molecule has 1 aliphatic rings. The van der Waals surface area contributed by atoms with E-state index in [9.17, 15) is 4.79 Å². The molecule has 1 amide bonds. The van der Waals surface area contributed by atoms with Crippen LogP contribution in [0.15, 0.2) is 41.2 Å². The van der Waals surface area contributed by atoms with Crippen molar-refractivity contribution < 1.29 is 9.21 Å². The molecule has 0 fully saturated rings. The first-order valence-corrected chi connectivity index (χ1v) is 5.99. The minimum atomic E-state index is -0.0623. The van der Waals surface area contributed by atoms with Crippen molar-refractivity contribution in [1.29, 1.82) is 0 Å². The van der Waals surface area contributed by atoms with E-state index in [0.29, 0.717) is 12.1 Å². The van der Waals surface area contributed by atoms with Crippen LogP contribution in [0.25, 0.3) is 0 Å². The fraction of sp³-hybridized carbons (Fsp3) is 0.214. The number of amides is 1. The van der Waals surface area contributed by atoms with Crippen molar-refractivity contribution in [3.8, 4) is 0 Å². The summed E-state index contributed by atoms with van der Waals surface area (Å²) in [5.74, 6) is -0.0623. The average molecular weight is 242 g/mol. The van der Waals surface area contributed by atoms with Crippen LogP contribution in [0.5, 0.6) is 0 Å². The Hall–Kier alpha value is -2.23. The molecular formula is C14H14N2O2. The monoisotopic (exact) mass is 242 g/mol. The molecule has 1 aromatic heterocycles. The summed E-state index contributed by atoms with van der Waals surface area (Å²) in [6.45, 7) is 1.44. The Morgan fingerprint density at radius 1 is 1.39 bits per heavy atom. The van der Waals surface area contributed by atoms with Gasteiger partial charge in [-0.2, -0.15) is 0 Å². The van der Waals surface area contributed by atoms with Crippen molar-refractivity contribution in [2.75, 3.05) is 11.9 Å². The predicted molar refractivity (Wildman–Crippen MR) is 68.5 cm³/mol. The molecule has 0 aliphatic carbocycles. The summed E-state index contributed by atoms with van der Waals surface area (Å²) in [6.07, 6.45) is 4.26. The zero-order valence-electron chi connectivity index (χ0n) is 9.90. The number of carbonyl (C=O) groups is 1. The van der Waals surface area contributed by atoms with E-state index in [1.54, 1.807) is 12.5 Å². The van der Waals surface area contributed by atoms with E-state index in [0.717, 1.165) is 24.2 Å². The van der Waals surface area contributed by atoms with Crippen LogP contribution in [-0.2, 0) is 13.0 Å². The molecule has 2 heterocycles. The zero-order chi connectivity index (χ0) is 12.4. The Labute approximate surface area is 105 Å². The van der Waals surface area contributed by atoms with Gasteiger partial charge in [0.05, 0.1) is 12.5 Å². The third-order valence-electron chi connectivity index (χ3n) is 3.12. The smallest absolute Gasteiger partial charge is 0.251 e. The summed E-state index contributed by atoms with van der Waals surface area (Å²) in [4.78, 5) is 12.0. The summed E-state index contributed by atoms with van der Waals surface area (Å²) < 4.78 is 4.95. The van der Waals surface area contributed by atoms with Crippen molar-refractivity contribution in [2.45, 2.75) is 13.0 Å². The van der Waals surface area contributed by atoms with Gasteiger partial charge in [-0.1, -0.05) is 6.07 Å². The largest absolute Gasteiger partial charge is 0.472 e. The van der Waals surface area contributed by atoms with Gasteiger partial charge in [-0.25, -0.2) is 0 Å². The maximum Gasteiger partial charge on any atom is 0.251 e. The summed E-state index contributed by atoms with van der Waals surface area (Å²) in [6, 6.07) is 7.64. The number of hydrogen-bond acceptors (Lipinski definition) is 3. The van der Waals surface area contributed by atoms with E-state index in [1.165, 1.54) is 5.56 Å². The van der Waals surface area contributed by atoms with E-state index >= 15 is 0 Å². The maximum absolute atomic E-state index is 12.0. The number of rotatable bonds is 3. The molecule has 92 valence electrons. The summed E-state index contributed by atoms with van der Waals surface area (Å²) in [7, 11) is 0. The van der Waals surface area contributed by atoms with E-state index in [1.807, 2.05) is 24.3 Å². The number of carbonyl (C=O) groups excluding carboxylic acids is 1. The lowest BCUT2D eigenvalue weighted by molar-refractivity contribution is 0.0951. The van der Waals surface area contributed by atoms with Crippen LogP contribution < -0.4 is 10.6 Å². The minimum absolute atomic E-state index is 0.0623. The van der Waals surface area contributed by atoms with Gasteiger partial charge in [0, 0.05) is 29.9 Å². The lowest BCUT2D eigenvalue weighted by atomic mass is 10.1. The molecule has 0 radical (unpaired) electrons. The van der Waals surface area contributed by atoms with Gasteiger partial charge < -0.3 is 15.1 Å². The topological polar surface area (TPSA) is 54.3 Å². The molecule has 2 N–H and O–H groups in total. The first-order chi connectivity index (χ1) is 8.83. The molecule has 0 unspecified atom stereocenters. The third-order valence-corrected chi connectivity index (χ3v) is 3.12. The standard InChI is InChI=1S/C14H14N2O2/c17-14(16-8-10-4-6-18-9-10)12-2-1-11-3-5-15-13(11)7-12/h1-2,4,6-7,9,15H,3,5,8H2,(H,16,17). The van der Waals surface area contributed by atoms with Gasteiger partial charge in [-0.3, -0.25) is 4.79 Å². The van der Waals surface area contributed by atoms with Crippen molar-refractivity contribution >= 4 is 11.6 Å². The highest BCUT2D eigenvalue weighted by molar-refractivity contribution is 5.95. The van der Waals surface area contributed by atoms with E-state index in [-0.39, 0.29) is 5.91 Å². The van der Waals surface area contributed by atoms with Crippen LogP contribution >= 0.6 is 0 Å². The molecule has 0 saturated carbocycles. The first kappa shape index (κ1) is 10.9. The normalized spacial score (nSPS) is 12.9. The predicted octanol–water partition coefficient (Wildman–Crippen LogP) is 2.18. The van der Waals surface area contributed by atoms with Gasteiger partial charge in [0.15, 0.2) is 0 Å². The molecule has 0 spiro atoms. The molecule has 3 rings (SSSR count). The van der Waals surface area contributed by atoms with Gasteiger partial charge in [0.25, 0.3) is 5.91 Å². The highest BCUT2D eigenvalue weighted by atomic mass is 16.3. The lowest BCUT2D eigenvalue weighted by Crippen LogP contribution is -2.22. The third kappa shape index (κ3) is 2.09. The number of furan rings is 1. The fourth-order valence-corrected chi connectivity index (χ4v) is 2.11. The highest BCUT2D eigenvalue weighted by Gasteiger charge is 2.13. The molecule has 1 aliphatic heterocycles. The van der Waals surface area contributed by atoms with Crippen LogP contribution in [0.4, 0.5) is 5.69 Å². The molecule has 4 heteroatoms. The van der Waals surface area contributed by atoms with E-state index < -0.39 is 0 Å². The Morgan fingerprint density at radius 2 is 2.33 bits per heavy atom. The van der Waals surface area contributed by atoms with Crippen molar-refractivity contribution in [1.82, 2.24) is 5.32 Å². The molecule has 1 aromatic carbocycles. The van der Waals surface area contributed by atoms with Crippen LogP contribution in [0, 0.1) is 0 Å². The van der Waals surface area contributed by atoms with Gasteiger partial charge >= 0.3 is 0 Å². The summed E-state index contributed by atoms with van der Waals surface area (Å²) >= 11 is 0. The van der Waals surface area contributed by atoms with Gasteiger partial charge in [0.1, 0.15) is 0 Å². The van der Waals surface area contributed by atoms with E-state index in [2.05, 4.69) is 10.6 Å². The van der Waals surface area contributed by atoms with Crippen molar-refractivity contribution in [3.63, 3.8) is 0 Å². The van der Waals surface area contributed by atoms with Crippen LogP contribution in [0.1, 0.15) is 21.5 Å². The molecule has 0 saturated heterocycles. The summed E-state index contributed by atoms with van der Waals surface area (Å²) in [5.41, 5.74) is 4.00. The number of benzene rings is 1. The number of anilines is 1. The second kappa shape index (κ2) is 4.56. The fourth-order valence-electron chi connectivity index (χ4n) is 2.11. The average Bonchev–Trinajstić information content (AvgIpc) is 3.05. The second-order valence-electron chi connectivity index (χ2n) is 4.36. The summed E-state index contributed by atoms with van der Waals surface area (Å²) in [5, 5.41) is 6.14. The Kier molecular flexibility index (Phi) is 2.76. The Balaban J connectivity index is 1.69. The Bertz CT molecular complexity index is 561. The molecule has 18 heavy (non-hydrogen) atoms. The molecular weight excluding hydrogens is 228 g/mol. The highest BCUT2D eigenvalue weighted by Crippen LogP contribution is 2.23. The maximum atomic E-state index is 12.0. The van der Waals surface area contributed by atoms with Crippen LogP contribution in [0.3, 0.4) is 0 Å². The van der Waals surface area contributed by atoms with Gasteiger partial charge in [0.2, 0.25) is 0 Å². The van der Waals surface area contributed by atoms with Crippen LogP contribution in [-0.4, -0.2) is 12.5 Å². The van der Waals surface area contributed by atoms with Crippen LogP contribution in [0.2, 0.25) is 0 Å². The van der Waals surface area contributed by atoms with Crippen molar-refractivity contribution in [2.24, 2.45) is 0 Å². The van der Waals surface area contributed by atoms with E-state index in [4.69, 9.17) is 4.42 Å². The van der Waals surface area contributed by atoms with Gasteiger partial charge in [-0.15, -0.1) is 0 Å². The Morgan fingerprint density at radius 3 is 3.17 bits per heavy atom. The lowest BCUT2D eigenvalue weighted by Gasteiger charge is -2.06. The molecule has 4 nitrogen and oxygen atoms in total. The van der Waals surface area contributed by atoms with Gasteiger partial charge in [-0.05, 0) is 30.2 Å². The molecule has 0 atom stereocenters. The molecule has 2 aromatic rings. The SMILES string of the molecule is O=C(NCc1ccoc1)c1ccc2c(c1)NCC2.